The first-order chi connectivity index (χ1) is 15.9. The first kappa shape index (κ1) is 22.8. The van der Waals surface area contributed by atoms with Gasteiger partial charge in [0.15, 0.2) is 10.9 Å². The van der Waals surface area contributed by atoms with Gasteiger partial charge in [0.25, 0.3) is 0 Å². The van der Waals surface area contributed by atoms with Gasteiger partial charge in [-0.1, -0.05) is 71.9 Å². The first-order valence-electron chi connectivity index (χ1n) is 10.2. The van der Waals surface area contributed by atoms with Gasteiger partial charge in [0.05, 0.1) is 5.69 Å². The van der Waals surface area contributed by atoms with E-state index in [0.717, 1.165) is 16.8 Å². The zero-order valence-electron chi connectivity index (χ0n) is 18.0. The van der Waals surface area contributed by atoms with Gasteiger partial charge in [0.1, 0.15) is 11.6 Å². The molecule has 4 rings (SSSR count). The number of amides is 1. The molecule has 3 aromatic carbocycles. The van der Waals surface area contributed by atoms with Crippen molar-refractivity contribution in [3.63, 3.8) is 0 Å². The third-order valence-corrected chi connectivity index (χ3v) is 6.67. The molecule has 0 aliphatic heterocycles. The molecule has 0 saturated carbocycles. The van der Waals surface area contributed by atoms with Crippen LogP contribution >= 0.6 is 23.4 Å². The van der Waals surface area contributed by atoms with E-state index in [4.69, 9.17) is 11.6 Å². The summed E-state index contributed by atoms with van der Waals surface area (Å²) in [5, 5.41) is 11.8. The average molecular weight is 477 g/mol. The van der Waals surface area contributed by atoms with Crippen molar-refractivity contribution in [2.24, 2.45) is 0 Å². The molecule has 4 aromatic rings. The number of aromatic nitrogens is 3. The standard InChI is InChI=1S/C25H21ClN4O2S/c1-16-11-12-21(14-22(16)26)30-15-27-29-25(30)33-23(18-7-4-3-5-8-18)24(32)28-20-10-6-9-19(13-20)17(2)31/h3-15,23H,1-2H3,(H,28,32). The third-order valence-electron chi connectivity index (χ3n) is 5.05. The van der Waals surface area contributed by atoms with Crippen molar-refractivity contribution in [3.8, 4) is 5.69 Å². The number of Topliss-reactive ketones (excluding diaryl/α,β-unsaturated/α-hetero) is 1. The molecule has 0 bridgehead atoms. The van der Waals surface area contributed by atoms with Crippen LogP contribution in [-0.4, -0.2) is 26.5 Å². The highest BCUT2D eigenvalue weighted by molar-refractivity contribution is 8.00. The molecule has 6 nitrogen and oxygen atoms in total. The van der Waals surface area contributed by atoms with Gasteiger partial charge in [0, 0.05) is 16.3 Å². The number of aryl methyl sites for hydroxylation is 1. The molecule has 1 N–H and O–H groups in total. The maximum absolute atomic E-state index is 13.4. The molecule has 1 aromatic heterocycles. The van der Waals surface area contributed by atoms with Crippen molar-refractivity contribution in [1.82, 2.24) is 14.8 Å². The van der Waals surface area contributed by atoms with Gasteiger partial charge in [-0.3, -0.25) is 14.2 Å². The number of thioether (sulfide) groups is 1. The molecular weight excluding hydrogens is 456 g/mol. The summed E-state index contributed by atoms with van der Waals surface area (Å²) in [4.78, 5) is 25.1. The fourth-order valence-corrected chi connectivity index (χ4v) is 4.45. The van der Waals surface area contributed by atoms with E-state index in [1.807, 2.05) is 55.5 Å². The lowest BCUT2D eigenvalue weighted by molar-refractivity contribution is -0.115. The zero-order chi connectivity index (χ0) is 23.4. The number of ketones is 1. The van der Waals surface area contributed by atoms with Gasteiger partial charge in [0.2, 0.25) is 5.91 Å². The lowest BCUT2D eigenvalue weighted by atomic mass is 10.1. The van der Waals surface area contributed by atoms with Crippen LogP contribution in [0.2, 0.25) is 5.02 Å². The largest absolute Gasteiger partial charge is 0.325 e. The van der Waals surface area contributed by atoms with Crippen LogP contribution in [0.3, 0.4) is 0 Å². The summed E-state index contributed by atoms with van der Waals surface area (Å²) >= 11 is 7.60. The van der Waals surface area contributed by atoms with Crippen molar-refractivity contribution in [1.29, 1.82) is 0 Å². The van der Waals surface area contributed by atoms with E-state index in [0.29, 0.717) is 21.4 Å². The Morgan fingerprint density at radius 2 is 1.82 bits per heavy atom. The van der Waals surface area contributed by atoms with Crippen molar-refractivity contribution in [2.75, 3.05) is 5.32 Å². The minimum absolute atomic E-state index is 0.0649. The molecule has 8 heteroatoms. The number of benzene rings is 3. The summed E-state index contributed by atoms with van der Waals surface area (Å²) in [5.74, 6) is -0.298. The molecule has 0 aliphatic carbocycles. The van der Waals surface area contributed by atoms with Crippen LogP contribution in [0.4, 0.5) is 5.69 Å². The van der Waals surface area contributed by atoms with Crippen molar-refractivity contribution >= 4 is 40.7 Å². The minimum atomic E-state index is -0.601. The molecule has 1 amide bonds. The van der Waals surface area contributed by atoms with Gasteiger partial charge in [-0.05, 0) is 49.2 Å². The zero-order valence-corrected chi connectivity index (χ0v) is 19.6. The van der Waals surface area contributed by atoms with Crippen LogP contribution in [0.15, 0.2) is 84.3 Å². The Bertz CT molecular complexity index is 1310. The van der Waals surface area contributed by atoms with E-state index in [1.165, 1.54) is 18.7 Å². The number of rotatable bonds is 7. The number of hydrogen-bond acceptors (Lipinski definition) is 5. The number of carbonyl (C=O) groups excluding carboxylic acids is 2. The lowest BCUT2D eigenvalue weighted by Gasteiger charge is -2.17. The fourth-order valence-electron chi connectivity index (χ4n) is 3.24. The molecule has 1 unspecified atom stereocenters. The second-order valence-corrected chi connectivity index (χ2v) is 8.93. The average Bonchev–Trinajstić information content (AvgIpc) is 3.28. The van der Waals surface area contributed by atoms with E-state index < -0.39 is 5.25 Å². The Labute approximate surface area is 201 Å². The highest BCUT2D eigenvalue weighted by Gasteiger charge is 2.25. The Morgan fingerprint density at radius 3 is 2.55 bits per heavy atom. The minimum Gasteiger partial charge on any atom is -0.325 e. The van der Waals surface area contributed by atoms with Crippen LogP contribution in [0.25, 0.3) is 5.69 Å². The van der Waals surface area contributed by atoms with Gasteiger partial charge in [-0.2, -0.15) is 0 Å². The molecule has 166 valence electrons. The quantitative estimate of drug-likeness (QED) is 0.265. The highest BCUT2D eigenvalue weighted by Crippen LogP contribution is 2.36. The monoisotopic (exact) mass is 476 g/mol. The number of carbonyl (C=O) groups is 2. The van der Waals surface area contributed by atoms with Crippen LogP contribution in [-0.2, 0) is 4.79 Å². The van der Waals surface area contributed by atoms with Gasteiger partial charge < -0.3 is 5.32 Å². The topological polar surface area (TPSA) is 76.9 Å². The lowest BCUT2D eigenvalue weighted by Crippen LogP contribution is -2.19. The summed E-state index contributed by atoms with van der Waals surface area (Å²) in [7, 11) is 0. The van der Waals surface area contributed by atoms with Crippen LogP contribution in [0.5, 0.6) is 0 Å². The van der Waals surface area contributed by atoms with E-state index in [2.05, 4.69) is 15.5 Å². The fraction of sp³-hybridized carbons (Fsp3) is 0.120. The maximum atomic E-state index is 13.4. The molecule has 0 radical (unpaired) electrons. The van der Waals surface area contributed by atoms with Crippen molar-refractivity contribution in [2.45, 2.75) is 24.3 Å². The summed E-state index contributed by atoms with van der Waals surface area (Å²) in [6.45, 7) is 3.43. The molecule has 0 fully saturated rings. The summed E-state index contributed by atoms with van der Waals surface area (Å²) in [6, 6.07) is 22.1. The first-order valence-corrected chi connectivity index (χ1v) is 11.5. The summed E-state index contributed by atoms with van der Waals surface area (Å²) in [6.07, 6.45) is 1.60. The van der Waals surface area contributed by atoms with E-state index in [9.17, 15) is 9.59 Å². The Kier molecular flexibility index (Phi) is 6.91. The second kappa shape index (κ2) is 10.0. The number of halogens is 1. The SMILES string of the molecule is CC(=O)c1cccc(NC(=O)C(Sc2nncn2-c2ccc(C)c(Cl)c2)c2ccccc2)c1. The number of nitrogens with zero attached hydrogens (tertiary/aromatic N) is 3. The van der Waals surface area contributed by atoms with Gasteiger partial charge >= 0.3 is 0 Å². The van der Waals surface area contributed by atoms with E-state index >= 15 is 0 Å². The number of nitrogens with one attached hydrogen (secondary N) is 1. The molecule has 1 heterocycles. The smallest absolute Gasteiger partial charge is 0.242 e. The van der Waals surface area contributed by atoms with Crippen LogP contribution < -0.4 is 5.32 Å². The highest BCUT2D eigenvalue weighted by atomic mass is 35.5. The molecule has 33 heavy (non-hydrogen) atoms. The summed E-state index contributed by atoms with van der Waals surface area (Å²) < 4.78 is 1.80. The molecule has 1 atom stereocenters. The second-order valence-electron chi connectivity index (χ2n) is 7.45. The maximum Gasteiger partial charge on any atom is 0.242 e. The number of anilines is 1. The van der Waals surface area contributed by atoms with Crippen molar-refractivity contribution in [3.05, 3.63) is 101 Å². The Balaban J connectivity index is 1.65. The van der Waals surface area contributed by atoms with E-state index in [-0.39, 0.29) is 11.7 Å². The van der Waals surface area contributed by atoms with E-state index in [1.54, 1.807) is 35.2 Å². The predicted octanol–water partition coefficient (Wildman–Crippen LogP) is 5.90. The molecule has 0 aliphatic rings. The van der Waals surface area contributed by atoms with Gasteiger partial charge in [-0.25, -0.2) is 0 Å². The van der Waals surface area contributed by atoms with Gasteiger partial charge in [-0.15, -0.1) is 10.2 Å². The third kappa shape index (κ3) is 5.32. The Morgan fingerprint density at radius 1 is 1.03 bits per heavy atom. The molecular formula is C25H21ClN4O2S. The van der Waals surface area contributed by atoms with Crippen LogP contribution in [0.1, 0.15) is 33.7 Å². The predicted molar refractivity (Wildman–Crippen MR) is 131 cm³/mol. The normalized spacial score (nSPS) is 11.7. The molecule has 0 saturated heterocycles. The Hall–Kier alpha value is -3.42. The summed E-state index contributed by atoms with van der Waals surface area (Å²) in [5.41, 5.74) is 3.68. The number of hydrogen-bond donors (Lipinski definition) is 1. The van der Waals surface area contributed by atoms with Crippen LogP contribution in [0, 0.1) is 6.92 Å². The molecule has 0 spiro atoms. The van der Waals surface area contributed by atoms with Crippen molar-refractivity contribution < 1.29 is 9.59 Å².